The highest BCUT2D eigenvalue weighted by Crippen LogP contribution is 2.39. The summed E-state index contributed by atoms with van der Waals surface area (Å²) in [6.45, 7) is 2.13. The lowest BCUT2D eigenvalue weighted by Gasteiger charge is -2.08. The minimum absolute atomic E-state index is 0.916. The predicted molar refractivity (Wildman–Crippen MR) is 101 cm³/mol. The molecule has 0 saturated carbocycles. The molecule has 0 aliphatic heterocycles. The van der Waals surface area contributed by atoms with Gasteiger partial charge in [-0.05, 0) is 49.9 Å². The zero-order chi connectivity index (χ0) is 16.8. The number of aromatic nitrogens is 4. The van der Waals surface area contributed by atoms with E-state index in [0.717, 1.165) is 30.8 Å². The lowest BCUT2D eigenvalue weighted by Crippen LogP contribution is -2.04. The van der Waals surface area contributed by atoms with Gasteiger partial charge in [0.1, 0.15) is 0 Å². The first-order valence-corrected chi connectivity index (χ1v) is 9.56. The van der Waals surface area contributed by atoms with E-state index in [-0.39, 0.29) is 0 Å². The van der Waals surface area contributed by atoms with Crippen molar-refractivity contribution < 1.29 is 0 Å². The van der Waals surface area contributed by atoms with Gasteiger partial charge in [0.15, 0.2) is 5.82 Å². The molecular formula is C20H18N4S. The van der Waals surface area contributed by atoms with E-state index in [9.17, 15) is 0 Å². The average molecular weight is 346 g/mol. The van der Waals surface area contributed by atoms with Crippen LogP contribution in [0.5, 0.6) is 0 Å². The number of fused-ring (bicyclic) bond motifs is 2. The van der Waals surface area contributed by atoms with E-state index in [1.54, 1.807) is 0 Å². The monoisotopic (exact) mass is 346 g/mol. The Morgan fingerprint density at radius 2 is 2.16 bits per heavy atom. The fourth-order valence-electron chi connectivity index (χ4n) is 3.59. The highest BCUT2D eigenvalue weighted by Gasteiger charge is 2.25. The molecule has 1 aliphatic rings. The molecule has 0 bridgehead atoms. The molecule has 0 spiro atoms. The normalized spacial score (nSPS) is 13.5. The fraction of sp³-hybridized carbons (Fsp3) is 0.250. The molecule has 5 rings (SSSR count). The van der Waals surface area contributed by atoms with Gasteiger partial charge in [0.25, 0.3) is 0 Å². The smallest absolute Gasteiger partial charge is 0.154 e. The number of thiophene rings is 1. The van der Waals surface area contributed by atoms with Crippen LogP contribution >= 0.6 is 11.3 Å². The quantitative estimate of drug-likeness (QED) is 0.545. The summed E-state index contributed by atoms with van der Waals surface area (Å²) in [5.74, 6) is 0.916. The van der Waals surface area contributed by atoms with E-state index < -0.39 is 0 Å². The Hall–Kier alpha value is -2.53. The van der Waals surface area contributed by atoms with Crippen LogP contribution in [0, 0.1) is 0 Å². The van der Waals surface area contributed by atoms with Crippen LogP contribution in [0.1, 0.15) is 30.3 Å². The summed E-state index contributed by atoms with van der Waals surface area (Å²) in [5.41, 5.74) is 4.94. The second-order valence-electron chi connectivity index (χ2n) is 6.40. The van der Waals surface area contributed by atoms with Crippen molar-refractivity contribution in [3.8, 4) is 16.4 Å². The van der Waals surface area contributed by atoms with Gasteiger partial charge >= 0.3 is 0 Å². The van der Waals surface area contributed by atoms with E-state index >= 15 is 0 Å². The van der Waals surface area contributed by atoms with Crippen LogP contribution in [-0.4, -0.2) is 19.7 Å². The molecule has 0 aromatic carbocycles. The number of rotatable bonds is 3. The molecule has 1 aliphatic carbocycles. The summed E-state index contributed by atoms with van der Waals surface area (Å²) in [6.07, 6.45) is 8.09. The molecule has 0 unspecified atom stereocenters. The number of pyridine rings is 2. The minimum atomic E-state index is 0.916. The number of nitrogens with zero attached hydrogens (tertiary/aromatic N) is 4. The average Bonchev–Trinajstić information content (AvgIpc) is 3.34. The highest BCUT2D eigenvalue weighted by atomic mass is 32.1. The molecule has 0 radical (unpaired) electrons. The second-order valence-corrected chi connectivity index (χ2v) is 7.49. The molecule has 25 heavy (non-hydrogen) atoms. The third kappa shape index (κ3) is 2.38. The molecule has 0 saturated heterocycles. The van der Waals surface area contributed by atoms with Crippen LogP contribution < -0.4 is 0 Å². The minimum Gasteiger partial charge on any atom is -0.264 e. The molecular weight excluding hydrogens is 328 g/mol. The topological polar surface area (TPSA) is 43.6 Å². The molecule has 5 heteroatoms. The third-order valence-corrected chi connectivity index (χ3v) is 5.95. The van der Waals surface area contributed by atoms with Gasteiger partial charge in [-0.3, -0.25) is 4.98 Å². The van der Waals surface area contributed by atoms with Crippen molar-refractivity contribution in [2.24, 2.45) is 0 Å². The van der Waals surface area contributed by atoms with Crippen molar-refractivity contribution in [1.82, 2.24) is 19.7 Å². The van der Waals surface area contributed by atoms with Crippen LogP contribution in [0.2, 0.25) is 0 Å². The van der Waals surface area contributed by atoms with Crippen LogP contribution in [0.3, 0.4) is 0 Å². The number of hydrogen-bond donors (Lipinski definition) is 0. The molecule has 0 amide bonds. The van der Waals surface area contributed by atoms with Gasteiger partial charge < -0.3 is 0 Å². The van der Waals surface area contributed by atoms with Crippen LogP contribution in [0.25, 0.3) is 26.5 Å². The largest absolute Gasteiger partial charge is 0.264 e. The second kappa shape index (κ2) is 5.77. The van der Waals surface area contributed by atoms with E-state index in [4.69, 9.17) is 10.1 Å². The van der Waals surface area contributed by atoms with Crippen LogP contribution in [-0.2, 0) is 19.3 Å². The van der Waals surface area contributed by atoms with Crippen molar-refractivity contribution in [3.05, 3.63) is 59.7 Å². The van der Waals surface area contributed by atoms with Crippen molar-refractivity contribution in [2.75, 3.05) is 0 Å². The standard InChI is InChI=1S/C20H18N4S/c1-2-14-5-3-8-19(22-14)24-20(15-6-4-7-16(15)23-24)18-11-13-12-21-10-9-17(13)25-18/h3,5,8-12H,2,4,6-7H2,1H3. The lowest BCUT2D eigenvalue weighted by atomic mass is 10.1. The Labute approximate surface area is 150 Å². The first-order valence-electron chi connectivity index (χ1n) is 8.74. The molecule has 4 aromatic rings. The first kappa shape index (κ1) is 14.8. The maximum absolute atomic E-state index is 4.93. The summed E-state index contributed by atoms with van der Waals surface area (Å²) >= 11 is 1.81. The van der Waals surface area contributed by atoms with Crippen LogP contribution in [0.15, 0.2) is 42.7 Å². The zero-order valence-electron chi connectivity index (χ0n) is 14.1. The van der Waals surface area contributed by atoms with Gasteiger partial charge in [-0.1, -0.05) is 13.0 Å². The van der Waals surface area contributed by atoms with Crippen molar-refractivity contribution in [1.29, 1.82) is 0 Å². The molecule has 4 aromatic heterocycles. The van der Waals surface area contributed by atoms with E-state index in [0.29, 0.717) is 0 Å². The van der Waals surface area contributed by atoms with E-state index in [2.05, 4.69) is 46.9 Å². The van der Waals surface area contributed by atoms with Crippen molar-refractivity contribution >= 4 is 21.4 Å². The van der Waals surface area contributed by atoms with Gasteiger partial charge in [-0.25, -0.2) is 9.67 Å². The molecule has 4 heterocycles. The summed E-state index contributed by atoms with van der Waals surface area (Å²) in [4.78, 5) is 10.3. The van der Waals surface area contributed by atoms with E-state index in [1.807, 2.05) is 23.7 Å². The lowest BCUT2D eigenvalue weighted by molar-refractivity contribution is 0.785. The molecule has 0 N–H and O–H groups in total. The number of aryl methyl sites for hydroxylation is 2. The maximum Gasteiger partial charge on any atom is 0.154 e. The molecule has 0 atom stereocenters. The van der Waals surface area contributed by atoms with Gasteiger partial charge in [0.05, 0.1) is 16.3 Å². The van der Waals surface area contributed by atoms with Gasteiger partial charge in [0, 0.05) is 33.7 Å². The zero-order valence-corrected chi connectivity index (χ0v) is 14.9. The van der Waals surface area contributed by atoms with Crippen molar-refractivity contribution in [3.63, 3.8) is 0 Å². The Kier molecular flexibility index (Phi) is 3.41. The van der Waals surface area contributed by atoms with Crippen molar-refractivity contribution in [2.45, 2.75) is 32.6 Å². The molecule has 0 fully saturated rings. The Morgan fingerprint density at radius 1 is 1.20 bits per heavy atom. The predicted octanol–water partition coefficient (Wildman–Crippen LogP) is 4.60. The van der Waals surface area contributed by atoms with Gasteiger partial charge in [-0.2, -0.15) is 5.10 Å². The molecule has 124 valence electrons. The highest BCUT2D eigenvalue weighted by molar-refractivity contribution is 7.22. The number of hydrogen-bond acceptors (Lipinski definition) is 4. The summed E-state index contributed by atoms with van der Waals surface area (Å²) in [7, 11) is 0. The molecule has 4 nitrogen and oxygen atoms in total. The Bertz CT molecular complexity index is 1040. The maximum atomic E-state index is 4.93. The third-order valence-electron chi connectivity index (χ3n) is 4.83. The first-order chi connectivity index (χ1) is 12.3. The van der Waals surface area contributed by atoms with Gasteiger partial charge in [-0.15, -0.1) is 11.3 Å². The summed E-state index contributed by atoms with van der Waals surface area (Å²) in [6, 6.07) is 10.5. The summed E-state index contributed by atoms with van der Waals surface area (Å²) in [5, 5.41) is 6.12. The SMILES string of the molecule is CCc1cccc(-n2nc3c(c2-c2cc4cnccc4s2)CCC3)n1. The summed E-state index contributed by atoms with van der Waals surface area (Å²) < 4.78 is 3.32. The Morgan fingerprint density at radius 3 is 3.04 bits per heavy atom. The van der Waals surface area contributed by atoms with Crippen LogP contribution in [0.4, 0.5) is 0 Å². The van der Waals surface area contributed by atoms with E-state index in [1.165, 1.54) is 38.3 Å². The van der Waals surface area contributed by atoms with Gasteiger partial charge in [0.2, 0.25) is 0 Å². The Balaban J connectivity index is 1.75. The fourth-order valence-corrected chi connectivity index (χ4v) is 4.68.